The zero-order chi connectivity index (χ0) is 12.2. The highest BCUT2D eigenvalue weighted by atomic mass is 36.0. The fourth-order valence-electron chi connectivity index (χ4n) is 0.596. The molecule has 0 aliphatic heterocycles. The normalized spacial score (nSPS) is 12.7. The maximum absolute atomic E-state index is 11.4. The molecule has 0 bridgehead atoms. The van der Waals surface area contributed by atoms with Crippen LogP contribution in [0, 0.1) is 0 Å². The van der Waals surface area contributed by atoms with Gasteiger partial charge in [-0.2, -0.15) is 0 Å². The lowest BCUT2D eigenvalue weighted by Crippen LogP contribution is -2.02. The Hall–Kier alpha value is 1.62. The molecule has 8 heteroatoms. The Morgan fingerprint density at radius 1 is 0.786 bits per heavy atom. The molecule has 88 valence electrons. The summed E-state index contributed by atoms with van der Waals surface area (Å²) in [6.45, 7) is 5.22. The molecule has 0 spiro atoms. The maximum Gasteiger partial charge on any atom is 0.339 e. The Morgan fingerprint density at radius 3 is 0.929 bits per heavy atom. The van der Waals surface area contributed by atoms with E-state index in [4.69, 9.17) is 11.2 Å². The van der Waals surface area contributed by atoms with Crippen LogP contribution in [0.1, 0.15) is 27.7 Å². The molecule has 0 amide bonds. The predicted octanol–water partition coefficient (Wildman–Crippen LogP) is 6.13. The molecule has 0 aliphatic carbocycles. The van der Waals surface area contributed by atoms with E-state index in [1.54, 1.807) is 0 Å². The van der Waals surface area contributed by atoms with Crippen molar-refractivity contribution < 1.29 is 9.13 Å². The third-order valence-electron chi connectivity index (χ3n) is 1.41. The standard InChI is InChI=1S/C6H14ClOP.Cl3OP/c1-5(2)9(7,8)6(3)4;1-5(2,3)4/h5-6H,1-4H3;. The van der Waals surface area contributed by atoms with Gasteiger partial charge in [-0.25, -0.2) is 0 Å². The van der Waals surface area contributed by atoms with Gasteiger partial charge in [-0.1, -0.05) is 38.9 Å². The van der Waals surface area contributed by atoms with Gasteiger partial charge < -0.3 is 4.57 Å². The van der Waals surface area contributed by atoms with Crippen LogP contribution < -0.4 is 0 Å². The summed E-state index contributed by atoms with van der Waals surface area (Å²) in [6.07, 6.45) is 0. The average molecular weight is 322 g/mol. The van der Waals surface area contributed by atoms with E-state index in [1.165, 1.54) is 0 Å². The molecule has 0 aromatic carbocycles. The van der Waals surface area contributed by atoms with Crippen molar-refractivity contribution in [1.82, 2.24) is 0 Å². The van der Waals surface area contributed by atoms with Gasteiger partial charge >= 0.3 is 5.20 Å². The largest absolute Gasteiger partial charge is 0.339 e. The van der Waals surface area contributed by atoms with Gasteiger partial charge in [0.1, 0.15) is 0 Å². The lowest BCUT2D eigenvalue weighted by atomic mass is 10.5. The van der Waals surface area contributed by atoms with Gasteiger partial charge in [0.05, 0.1) is 0 Å². The average Bonchev–Trinajstić information content (AvgIpc) is 1.82. The van der Waals surface area contributed by atoms with Crippen molar-refractivity contribution in [1.29, 1.82) is 0 Å². The summed E-state index contributed by atoms with van der Waals surface area (Å²) in [7, 11) is 0. The lowest BCUT2D eigenvalue weighted by molar-refractivity contribution is 0.572. The van der Waals surface area contributed by atoms with Crippen molar-refractivity contribution in [3.8, 4) is 0 Å². The highest BCUT2D eigenvalue weighted by molar-refractivity contribution is 8.24. The number of rotatable bonds is 2. The first-order valence-corrected chi connectivity index (χ1v) is 11.0. The third kappa shape index (κ3) is 11.7. The van der Waals surface area contributed by atoms with E-state index in [9.17, 15) is 9.13 Å². The lowest BCUT2D eigenvalue weighted by Gasteiger charge is -2.17. The monoisotopic (exact) mass is 320 g/mol. The number of hydrogen-bond acceptors (Lipinski definition) is 2. The fraction of sp³-hybridized carbons (Fsp3) is 1.00. The van der Waals surface area contributed by atoms with E-state index in [0.29, 0.717) is 0 Å². The second-order valence-corrected chi connectivity index (χ2v) is 14.7. The molecule has 14 heavy (non-hydrogen) atoms. The molecule has 0 fully saturated rings. The maximum atomic E-state index is 11.4. The minimum Gasteiger partial charge on any atom is -0.306 e. The molecular formula is C6H14Cl4O2P2. The summed E-state index contributed by atoms with van der Waals surface area (Å²) in [4.78, 5) is 0. The third-order valence-corrected chi connectivity index (χ3v) is 6.57. The van der Waals surface area contributed by atoms with Crippen molar-refractivity contribution in [3.63, 3.8) is 0 Å². The zero-order valence-electron chi connectivity index (χ0n) is 8.38. The van der Waals surface area contributed by atoms with Crippen LogP contribution in [0.25, 0.3) is 0 Å². The van der Waals surface area contributed by atoms with Crippen molar-refractivity contribution >= 4 is 56.7 Å². The molecule has 0 unspecified atom stereocenters. The van der Waals surface area contributed by atoms with E-state index in [-0.39, 0.29) is 11.3 Å². The van der Waals surface area contributed by atoms with Gasteiger partial charge in [-0.15, -0.1) is 0 Å². The SMILES string of the molecule is CC(C)P(=O)(Cl)C(C)C.O=P(Cl)(Cl)Cl. The van der Waals surface area contributed by atoms with E-state index in [1.807, 2.05) is 27.7 Å². The van der Waals surface area contributed by atoms with Crippen molar-refractivity contribution in [2.24, 2.45) is 0 Å². The van der Waals surface area contributed by atoms with Crippen LogP contribution in [0.2, 0.25) is 0 Å². The van der Waals surface area contributed by atoms with Gasteiger partial charge in [0, 0.05) is 11.3 Å². The van der Waals surface area contributed by atoms with Gasteiger partial charge in [-0.05, 0) is 33.7 Å². The highest BCUT2D eigenvalue weighted by Crippen LogP contribution is 2.61. The first-order valence-electron chi connectivity index (χ1n) is 3.87. The molecule has 0 saturated heterocycles. The highest BCUT2D eigenvalue weighted by Gasteiger charge is 2.26. The van der Waals surface area contributed by atoms with Crippen LogP contribution >= 0.6 is 56.7 Å². The van der Waals surface area contributed by atoms with Crippen LogP contribution in [0.4, 0.5) is 0 Å². The topological polar surface area (TPSA) is 34.1 Å². The van der Waals surface area contributed by atoms with Crippen molar-refractivity contribution in [2.45, 2.75) is 39.0 Å². The minimum atomic E-state index is -3.22. The van der Waals surface area contributed by atoms with Crippen molar-refractivity contribution in [3.05, 3.63) is 0 Å². The minimum absolute atomic E-state index is 0.110. The summed E-state index contributed by atoms with van der Waals surface area (Å²) in [5.41, 5.74) is 0.221. The molecular weight excluding hydrogens is 308 g/mol. The van der Waals surface area contributed by atoms with Crippen LogP contribution in [0.5, 0.6) is 0 Å². The zero-order valence-corrected chi connectivity index (χ0v) is 13.2. The molecule has 0 atom stereocenters. The Balaban J connectivity index is 0. The Bertz CT molecular complexity index is 228. The van der Waals surface area contributed by atoms with Crippen LogP contribution in [0.3, 0.4) is 0 Å². The quantitative estimate of drug-likeness (QED) is 0.573. The molecule has 0 aromatic heterocycles. The molecule has 0 radical (unpaired) electrons. The fourth-order valence-corrected chi connectivity index (χ4v) is 1.79. The van der Waals surface area contributed by atoms with Crippen LogP contribution in [0.15, 0.2) is 0 Å². The summed E-state index contributed by atoms with van der Waals surface area (Å²) in [5.74, 6) is 0. The molecule has 2 nitrogen and oxygen atoms in total. The van der Waals surface area contributed by atoms with Gasteiger partial charge in [0.15, 0.2) is 6.49 Å². The van der Waals surface area contributed by atoms with Gasteiger partial charge in [-0.3, -0.25) is 4.57 Å². The Morgan fingerprint density at radius 2 is 0.929 bits per heavy atom. The molecule has 0 aromatic rings. The first-order chi connectivity index (χ1) is 5.89. The molecule has 0 saturated carbocycles. The summed E-state index contributed by atoms with van der Waals surface area (Å²) < 4.78 is 20.9. The second kappa shape index (κ2) is 7.05. The van der Waals surface area contributed by atoms with Gasteiger partial charge in [0.25, 0.3) is 0 Å². The predicted molar refractivity (Wildman–Crippen MR) is 68.9 cm³/mol. The van der Waals surface area contributed by atoms with E-state index in [2.05, 4.69) is 33.7 Å². The summed E-state index contributed by atoms with van der Waals surface area (Å²) >= 11 is 19.6. The van der Waals surface area contributed by atoms with E-state index < -0.39 is 11.7 Å². The number of halogens is 4. The molecule has 0 rings (SSSR count). The smallest absolute Gasteiger partial charge is 0.306 e. The Labute approximate surface area is 105 Å². The summed E-state index contributed by atoms with van der Waals surface area (Å²) in [5, 5.41) is -3.22. The Kier molecular flexibility index (Phi) is 9.06. The molecule has 0 N–H and O–H groups in total. The van der Waals surface area contributed by atoms with Crippen molar-refractivity contribution in [2.75, 3.05) is 0 Å². The van der Waals surface area contributed by atoms with E-state index >= 15 is 0 Å². The second-order valence-electron chi connectivity index (χ2n) is 3.21. The van der Waals surface area contributed by atoms with Crippen LogP contribution in [-0.2, 0) is 9.13 Å². The van der Waals surface area contributed by atoms with Gasteiger partial charge in [0.2, 0.25) is 0 Å². The summed E-state index contributed by atoms with van der Waals surface area (Å²) in [6, 6.07) is 0. The van der Waals surface area contributed by atoms with Crippen LogP contribution in [-0.4, -0.2) is 11.3 Å². The molecule has 0 aliphatic rings. The molecule has 0 heterocycles. The first kappa shape index (κ1) is 18.0. The van der Waals surface area contributed by atoms with E-state index in [0.717, 1.165) is 0 Å². The number of hydrogen-bond donors (Lipinski definition) is 0.